The van der Waals surface area contributed by atoms with Crippen LogP contribution in [0.1, 0.15) is 36.2 Å². The number of ether oxygens (including phenoxy) is 3. The van der Waals surface area contributed by atoms with Gasteiger partial charge in [0.2, 0.25) is 0 Å². The van der Waals surface area contributed by atoms with Gasteiger partial charge < -0.3 is 14.2 Å². The van der Waals surface area contributed by atoms with E-state index in [1.54, 1.807) is 37.6 Å². The van der Waals surface area contributed by atoms with Crippen LogP contribution in [0, 0.1) is 3.57 Å². The first-order chi connectivity index (χ1) is 13.1. The van der Waals surface area contributed by atoms with Crippen molar-refractivity contribution >= 4 is 34.7 Å². The Morgan fingerprint density at radius 2 is 1.93 bits per heavy atom. The largest absolute Gasteiger partial charge is 0.494 e. The van der Waals surface area contributed by atoms with Crippen LogP contribution in [0.25, 0.3) is 0 Å². The number of hydrogen-bond donors (Lipinski definition) is 1. The summed E-state index contributed by atoms with van der Waals surface area (Å²) in [6.45, 7) is 5.13. The molecular formula is C20H23IN2O4. The third kappa shape index (κ3) is 6.13. The van der Waals surface area contributed by atoms with Crippen LogP contribution in [0.5, 0.6) is 17.2 Å². The molecular weight excluding hydrogens is 459 g/mol. The highest BCUT2D eigenvalue weighted by atomic mass is 127. The summed E-state index contributed by atoms with van der Waals surface area (Å²) in [5.41, 5.74) is 3.83. The maximum atomic E-state index is 12.2. The van der Waals surface area contributed by atoms with E-state index in [0.717, 1.165) is 21.3 Å². The second kappa shape index (κ2) is 10.8. The third-order valence-electron chi connectivity index (χ3n) is 3.50. The zero-order valence-electron chi connectivity index (χ0n) is 15.6. The SMILES string of the molecule is CCCOc1ccc(C(=O)N/N=C\c2cc(I)c(OC)c(OCC)c2)cc1. The Bertz CT molecular complexity index is 791. The van der Waals surface area contributed by atoms with Crippen molar-refractivity contribution in [2.24, 2.45) is 5.10 Å². The molecule has 0 aromatic heterocycles. The number of hydrogen-bond acceptors (Lipinski definition) is 5. The Morgan fingerprint density at radius 1 is 1.19 bits per heavy atom. The van der Waals surface area contributed by atoms with Gasteiger partial charge in [-0.25, -0.2) is 5.43 Å². The summed E-state index contributed by atoms with van der Waals surface area (Å²) in [5, 5.41) is 4.03. The highest BCUT2D eigenvalue weighted by Gasteiger charge is 2.10. The second-order valence-electron chi connectivity index (χ2n) is 5.54. The molecule has 0 bridgehead atoms. The monoisotopic (exact) mass is 482 g/mol. The van der Waals surface area contributed by atoms with E-state index in [2.05, 4.69) is 33.1 Å². The van der Waals surface area contributed by atoms with Gasteiger partial charge in [-0.1, -0.05) is 6.92 Å². The topological polar surface area (TPSA) is 69.2 Å². The summed E-state index contributed by atoms with van der Waals surface area (Å²) in [4.78, 5) is 12.2. The number of methoxy groups -OCH3 is 1. The molecule has 2 aromatic rings. The average molecular weight is 482 g/mol. The zero-order chi connectivity index (χ0) is 19.6. The number of hydrazone groups is 1. The highest BCUT2D eigenvalue weighted by molar-refractivity contribution is 14.1. The Kier molecular flexibility index (Phi) is 8.38. The molecule has 0 heterocycles. The fourth-order valence-electron chi connectivity index (χ4n) is 2.28. The summed E-state index contributed by atoms with van der Waals surface area (Å²) in [6.07, 6.45) is 2.51. The lowest BCUT2D eigenvalue weighted by Crippen LogP contribution is -2.17. The molecule has 27 heavy (non-hydrogen) atoms. The van der Waals surface area contributed by atoms with Crippen LogP contribution < -0.4 is 19.6 Å². The van der Waals surface area contributed by atoms with Gasteiger partial charge in [0.1, 0.15) is 5.75 Å². The Balaban J connectivity index is 2.03. The molecule has 2 aromatic carbocycles. The van der Waals surface area contributed by atoms with Gasteiger partial charge >= 0.3 is 0 Å². The molecule has 0 aliphatic heterocycles. The van der Waals surface area contributed by atoms with Crippen molar-refractivity contribution in [3.63, 3.8) is 0 Å². The maximum Gasteiger partial charge on any atom is 0.271 e. The van der Waals surface area contributed by atoms with Crippen LogP contribution in [0.15, 0.2) is 41.5 Å². The molecule has 1 N–H and O–H groups in total. The summed E-state index contributed by atoms with van der Waals surface area (Å²) in [7, 11) is 1.60. The minimum atomic E-state index is -0.290. The molecule has 7 heteroatoms. The van der Waals surface area contributed by atoms with Crippen LogP contribution in [-0.4, -0.2) is 32.4 Å². The van der Waals surface area contributed by atoms with Crippen LogP contribution in [-0.2, 0) is 0 Å². The standard InChI is InChI=1S/C20H23IN2O4/c1-4-10-27-16-8-6-15(7-9-16)20(24)23-22-13-14-11-17(21)19(25-3)18(12-14)26-5-2/h6-9,11-13H,4-5,10H2,1-3H3,(H,23,24)/b22-13-. The van der Waals surface area contributed by atoms with Gasteiger partial charge in [-0.15, -0.1) is 0 Å². The Labute approximate surface area is 173 Å². The van der Waals surface area contributed by atoms with Crippen molar-refractivity contribution < 1.29 is 19.0 Å². The minimum absolute atomic E-state index is 0.290. The van der Waals surface area contributed by atoms with E-state index in [1.165, 1.54) is 0 Å². The molecule has 0 unspecified atom stereocenters. The Hall–Kier alpha value is -2.29. The molecule has 0 saturated heterocycles. The number of amides is 1. The van der Waals surface area contributed by atoms with E-state index in [0.29, 0.717) is 30.3 Å². The maximum absolute atomic E-state index is 12.2. The third-order valence-corrected chi connectivity index (χ3v) is 4.31. The van der Waals surface area contributed by atoms with Crippen LogP contribution in [0.4, 0.5) is 0 Å². The molecule has 1 amide bonds. The lowest BCUT2D eigenvalue weighted by Gasteiger charge is -2.11. The van der Waals surface area contributed by atoms with Gasteiger partial charge in [0.25, 0.3) is 5.91 Å². The van der Waals surface area contributed by atoms with Crippen molar-refractivity contribution in [1.29, 1.82) is 0 Å². The van der Waals surface area contributed by atoms with Crippen molar-refractivity contribution in [3.8, 4) is 17.2 Å². The van der Waals surface area contributed by atoms with Gasteiger partial charge in [-0.2, -0.15) is 5.10 Å². The second-order valence-corrected chi connectivity index (χ2v) is 6.70. The number of nitrogens with zero attached hydrogens (tertiary/aromatic N) is 1. The number of benzene rings is 2. The normalized spacial score (nSPS) is 10.7. The molecule has 0 radical (unpaired) electrons. The number of carbonyl (C=O) groups is 1. The smallest absolute Gasteiger partial charge is 0.271 e. The predicted molar refractivity (Wildman–Crippen MR) is 114 cm³/mol. The van der Waals surface area contributed by atoms with Gasteiger partial charge in [0.15, 0.2) is 11.5 Å². The molecule has 0 spiro atoms. The molecule has 6 nitrogen and oxygen atoms in total. The number of rotatable bonds is 9. The van der Waals surface area contributed by atoms with E-state index in [1.807, 2.05) is 26.0 Å². The fourth-order valence-corrected chi connectivity index (χ4v) is 3.12. The molecule has 0 aliphatic rings. The van der Waals surface area contributed by atoms with Crippen molar-refractivity contribution in [1.82, 2.24) is 5.43 Å². The number of halogens is 1. The first kappa shape index (κ1) is 21.0. The lowest BCUT2D eigenvalue weighted by atomic mass is 10.2. The zero-order valence-corrected chi connectivity index (χ0v) is 17.8. The summed E-state index contributed by atoms with van der Waals surface area (Å²) < 4.78 is 17.4. The molecule has 144 valence electrons. The fraction of sp³-hybridized carbons (Fsp3) is 0.300. The van der Waals surface area contributed by atoms with Gasteiger partial charge in [-0.3, -0.25) is 4.79 Å². The van der Waals surface area contributed by atoms with Gasteiger partial charge in [0.05, 0.1) is 30.1 Å². The minimum Gasteiger partial charge on any atom is -0.494 e. The van der Waals surface area contributed by atoms with Crippen molar-refractivity contribution in [2.75, 3.05) is 20.3 Å². The van der Waals surface area contributed by atoms with E-state index >= 15 is 0 Å². The lowest BCUT2D eigenvalue weighted by molar-refractivity contribution is 0.0955. The van der Waals surface area contributed by atoms with Crippen molar-refractivity contribution in [2.45, 2.75) is 20.3 Å². The van der Waals surface area contributed by atoms with E-state index in [-0.39, 0.29) is 5.91 Å². The van der Waals surface area contributed by atoms with Gasteiger partial charge in [0, 0.05) is 5.56 Å². The number of carbonyl (C=O) groups excluding carboxylic acids is 1. The summed E-state index contributed by atoms with van der Waals surface area (Å²) in [5.74, 6) is 1.78. The number of nitrogens with one attached hydrogen (secondary N) is 1. The highest BCUT2D eigenvalue weighted by Crippen LogP contribution is 2.33. The van der Waals surface area contributed by atoms with Gasteiger partial charge in [-0.05, 0) is 77.9 Å². The molecule has 0 saturated carbocycles. The van der Waals surface area contributed by atoms with E-state index in [9.17, 15) is 4.79 Å². The van der Waals surface area contributed by atoms with Crippen molar-refractivity contribution in [3.05, 3.63) is 51.1 Å². The van der Waals surface area contributed by atoms with Crippen LogP contribution in [0.3, 0.4) is 0 Å². The summed E-state index contributed by atoms with van der Waals surface area (Å²) >= 11 is 2.17. The average Bonchev–Trinajstić information content (AvgIpc) is 2.67. The van der Waals surface area contributed by atoms with E-state index < -0.39 is 0 Å². The molecule has 0 atom stereocenters. The molecule has 0 aliphatic carbocycles. The first-order valence-corrected chi connectivity index (χ1v) is 9.73. The Morgan fingerprint density at radius 3 is 2.56 bits per heavy atom. The summed E-state index contributed by atoms with van der Waals surface area (Å²) in [6, 6.07) is 10.7. The molecule has 2 rings (SSSR count). The van der Waals surface area contributed by atoms with E-state index in [4.69, 9.17) is 14.2 Å². The van der Waals surface area contributed by atoms with Crippen LogP contribution in [0.2, 0.25) is 0 Å². The molecule has 0 fully saturated rings. The quantitative estimate of drug-likeness (QED) is 0.330. The first-order valence-electron chi connectivity index (χ1n) is 8.65. The van der Waals surface area contributed by atoms with Crippen LogP contribution >= 0.6 is 22.6 Å². The predicted octanol–water partition coefficient (Wildman–Crippen LogP) is 4.25.